The van der Waals surface area contributed by atoms with Gasteiger partial charge in [-0.05, 0) is 30.7 Å². The van der Waals surface area contributed by atoms with Crippen molar-refractivity contribution in [1.82, 2.24) is 9.97 Å². The Balaban J connectivity index is 2.45. The molecule has 0 radical (unpaired) electrons. The summed E-state index contributed by atoms with van der Waals surface area (Å²) < 4.78 is 25.8. The SMILES string of the molecule is CC(N)(c1cncc(F)c1)c1ccc(F)cn1. The largest absolute Gasteiger partial charge is 0.317 e. The zero-order valence-corrected chi connectivity index (χ0v) is 9.19. The summed E-state index contributed by atoms with van der Waals surface area (Å²) in [4.78, 5) is 7.64. The highest BCUT2D eigenvalue weighted by Gasteiger charge is 2.26. The number of rotatable bonds is 2. The molecular weight excluding hydrogens is 224 g/mol. The van der Waals surface area contributed by atoms with Gasteiger partial charge in [0.05, 0.1) is 23.6 Å². The lowest BCUT2D eigenvalue weighted by atomic mass is 9.90. The van der Waals surface area contributed by atoms with Crippen molar-refractivity contribution in [2.24, 2.45) is 5.73 Å². The summed E-state index contributed by atoms with van der Waals surface area (Å²) in [5, 5.41) is 0. The Hall–Kier alpha value is -1.88. The third-order valence-corrected chi connectivity index (χ3v) is 2.56. The van der Waals surface area contributed by atoms with E-state index in [0.717, 1.165) is 12.4 Å². The molecule has 2 N–H and O–H groups in total. The average molecular weight is 235 g/mol. The molecule has 0 aliphatic heterocycles. The molecule has 0 saturated heterocycles. The fraction of sp³-hybridized carbons (Fsp3) is 0.167. The number of pyridine rings is 2. The molecule has 2 aromatic heterocycles. The van der Waals surface area contributed by atoms with Gasteiger partial charge < -0.3 is 5.73 Å². The zero-order valence-electron chi connectivity index (χ0n) is 9.19. The van der Waals surface area contributed by atoms with Gasteiger partial charge in [-0.15, -0.1) is 0 Å². The number of hydrogen-bond donors (Lipinski definition) is 1. The first-order valence-corrected chi connectivity index (χ1v) is 5.02. The fourth-order valence-electron chi connectivity index (χ4n) is 1.53. The molecule has 17 heavy (non-hydrogen) atoms. The first-order chi connectivity index (χ1) is 8.00. The molecule has 88 valence electrons. The maximum Gasteiger partial charge on any atom is 0.141 e. The van der Waals surface area contributed by atoms with E-state index in [4.69, 9.17) is 5.73 Å². The van der Waals surface area contributed by atoms with Gasteiger partial charge in [0.25, 0.3) is 0 Å². The topological polar surface area (TPSA) is 51.8 Å². The molecule has 2 rings (SSSR count). The van der Waals surface area contributed by atoms with E-state index in [-0.39, 0.29) is 0 Å². The molecule has 2 heterocycles. The molecule has 1 atom stereocenters. The third kappa shape index (κ3) is 2.29. The molecule has 0 bridgehead atoms. The van der Waals surface area contributed by atoms with Crippen LogP contribution in [0.1, 0.15) is 18.2 Å². The van der Waals surface area contributed by atoms with E-state index in [0.29, 0.717) is 11.3 Å². The first-order valence-electron chi connectivity index (χ1n) is 5.02. The molecule has 5 heteroatoms. The van der Waals surface area contributed by atoms with Crippen LogP contribution in [0.4, 0.5) is 8.78 Å². The van der Waals surface area contributed by atoms with Crippen molar-refractivity contribution in [3.05, 3.63) is 59.7 Å². The molecule has 0 spiro atoms. The minimum atomic E-state index is -1.01. The van der Waals surface area contributed by atoms with E-state index in [1.807, 2.05) is 0 Å². The predicted octanol–water partition coefficient (Wildman–Crippen LogP) is 1.98. The Kier molecular flexibility index (Phi) is 2.85. The smallest absolute Gasteiger partial charge is 0.141 e. The van der Waals surface area contributed by atoms with Crippen LogP contribution in [-0.4, -0.2) is 9.97 Å². The maximum atomic E-state index is 13.1. The number of aromatic nitrogens is 2. The summed E-state index contributed by atoms with van der Waals surface area (Å²) in [6.07, 6.45) is 3.64. The Morgan fingerprint density at radius 1 is 1.12 bits per heavy atom. The third-order valence-electron chi connectivity index (χ3n) is 2.56. The second-order valence-corrected chi connectivity index (χ2v) is 3.96. The lowest BCUT2D eigenvalue weighted by molar-refractivity contribution is 0.553. The van der Waals surface area contributed by atoms with Gasteiger partial charge in [-0.3, -0.25) is 9.97 Å². The maximum absolute atomic E-state index is 13.1. The van der Waals surface area contributed by atoms with Crippen LogP contribution >= 0.6 is 0 Å². The number of nitrogens with two attached hydrogens (primary N) is 1. The van der Waals surface area contributed by atoms with Gasteiger partial charge in [-0.1, -0.05) is 0 Å². The molecule has 3 nitrogen and oxygen atoms in total. The second kappa shape index (κ2) is 4.18. The highest BCUT2D eigenvalue weighted by atomic mass is 19.1. The summed E-state index contributed by atoms with van der Waals surface area (Å²) in [6, 6.07) is 4.03. The number of halogens is 2. The van der Waals surface area contributed by atoms with E-state index < -0.39 is 17.2 Å². The quantitative estimate of drug-likeness (QED) is 0.865. The lowest BCUT2D eigenvalue weighted by Crippen LogP contribution is -2.35. The molecule has 0 fully saturated rings. The normalized spacial score (nSPS) is 14.4. The van der Waals surface area contributed by atoms with Gasteiger partial charge >= 0.3 is 0 Å². The van der Waals surface area contributed by atoms with Crippen LogP contribution in [0.25, 0.3) is 0 Å². The highest BCUT2D eigenvalue weighted by molar-refractivity contribution is 5.31. The van der Waals surface area contributed by atoms with Crippen LogP contribution < -0.4 is 5.73 Å². The van der Waals surface area contributed by atoms with Crippen molar-refractivity contribution in [1.29, 1.82) is 0 Å². The molecular formula is C12H11F2N3. The second-order valence-electron chi connectivity index (χ2n) is 3.96. The minimum Gasteiger partial charge on any atom is -0.317 e. The summed E-state index contributed by atoms with van der Waals surface area (Å²) >= 11 is 0. The number of hydrogen-bond acceptors (Lipinski definition) is 3. The monoisotopic (exact) mass is 235 g/mol. The summed E-state index contributed by atoms with van der Waals surface area (Å²) in [6.45, 7) is 1.67. The van der Waals surface area contributed by atoms with Crippen LogP contribution in [0.15, 0.2) is 36.8 Å². The molecule has 0 amide bonds. The Morgan fingerprint density at radius 2 is 1.88 bits per heavy atom. The Labute approximate surface area is 97.3 Å². The van der Waals surface area contributed by atoms with Crippen molar-refractivity contribution in [2.45, 2.75) is 12.5 Å². The van der Waals surface area contributed by atoms with Gasteiger partial charge in [0, 0.05) is 6.20 Å². The van der Waals surface area contributed by atoms with Crippen LogP contribution in [0.5, 0.6) is 0 Å². The lowest BCUT2D eigenvalue weighted by Gasteiger charge is -2.24. The summed E-state index contributed by atoms with van der Waals surface area (Å²) in [5.41, 5.74) is 6.01. The number of nitrogens with zero attached hydrogens (tertiary/aromatic N) is 2. The highest BCUT2D eigenvalue weighted by Crippen LogP contribution is 2.24. The van der Waals surface area contributed by atoms with Crippen molar-refractivity contribution in [3.8, 4) is 0 Å². The van der Waals surface area contributed by atoms with Gasteiger partial charge in [-0.2, -0.15) is 0 Å². The van der Waals surface area contributed by atoms with Crippen molar-refractivity contribution in [2.75, 3.05) is 0 Å². The molecule has 1 unspecified atom stereocenters. The predicted molar refractivity (Wildman–Crippen MR) is 59.0 cm³/mol. The minimum absolute atomic E-state index is 0.443. The van der Waals surface area contributed by atoms with Crippen LogP contribution in [0.2, 0.25) is 0 Å². The first kappa shape index (κ1) is 11.6. The van der Waals surface area contributed by atoms with Crippen LogP contribution in [0.3, 0.4) is 0 Å². The van der Waals surface area contributed by atoms with Gasteiger partial charge in [0.1, 0.15) is 11.6 Å². The fourth-order valence-corrected chi connectivity index (χ4v) is 1.53. The van der Waals surface area contributed by atoms with Crippen molar-refractivity contribution < 1.29 is 8.78 Å². The van der Waals surface area contributed by atoms with Crippen LogP contribution in [-0.2, 0) is 5.54 Å². The molecule has 2 aromatic rings. The van der Waals surface area contributed by atoms with E-state index in [2.05, 4.69) is 9.97 Å². The van der Waals surface area contributed by atoms with E-state index >= 15 is 0 Å². The summed E-state index contributed by atoms with van der Waals surface area (Å²) in [5.74, 6) is -0.914. The molecule has 0 aliphatic carbocycles. The van der Waals surface area contributed by atoms with Gasteiger partial charge in [-0.25, -0.2) is 8.78 Å². The average Bonchev–Trinajstić information content (AvgIpc) is 2.29. The summed E-state index contributed by atoms with van der Waals surface area (Å²) in [7, 11) is 0. The Bertz CT molecular complexity index is 524. The zero-order chi connectivity index (χ0) is 12.5. The van der Waals surface area contributed by atoms with Gasteiger partial charge in [0.2, 0.25) is 0 Å². The molecule has 0 aliphatic rings. The van der Waals surface area contributed by atoms with Crippen molar-refractivity contribution in [3.63, 3.8) is 0 Å². The van der Waals surface area contributed by atoms with E-state index in [1.54, 1.807) is 6.92 Å². The van der Waals surface area contributed by atoms with E-state index in [9.17, 15) is 8.78 Å². The molecule has 0 aromatic carbocycles. The van der Waals surface area contributed by atoms with Crippen molar-refractivity contribution >= 4 is 0 Å². The van der Waals surface area contributed by atoms with E-state index in [1.165, 1.54) is 24.4 Å². The molecule has 0 saturated carbocycles. The van der Waals surface area contributed by atoms with Gasteiger partial charge in [0.15, 0.2) is 0 Å². The standard InChI is InChI=1S/C12H11F2N3/c1-12(15,8-4-10(14)6-16-5-8)11-3-2-9(13)7-17-11/h2-7H,15H2,1H3. The Morgan fingerprint density at radius 3 is 2.47 bits per heavy atom. The van der Waals surface area contributed by atoms with Crippen LogP contribution in [0, 0.1) is 11.6 Å².